The van der Waals surface area contributed by atoms with Gasteiger partial charge in [0.15, 0.2) is 0 Å². The van der Waals surface area contributed by atoms with Gasteiger partial charge in [-0.15, -0.1) is 12.4 Å². The van der Waals surface area contributed by atoms with E-state index in [-0.39, 0.29) is 17.3 Å². The third kappa shape index (κ3) is 6.42. The Hall–Kier alpha value is -1.65. The molecule has 0 radical (unpaired) electrons. The van der Waals surface area contributed by atoms with Crippen molar-refractivity contribution in [3.63, 3.8) is 0 Å². The maximum Gasteiger partial charge on any atom is 0.416 e. The number of nitrogens with one attached hydrogen (secondary N) is 1. The Morgan fingerprint density at radius 1 is 1.03 bits per heavy atom. The standard InChI is InChI=1S/C20H23F3N2O3S.ClH/c1-15-2-4-16(5-3-15)19(14-25-10-12-28-13-11-25)24-29(26,27)18-8-6-17(7-9-18)20(21,22)23;/h2-9,19,24H,10-14H2,1H3;1H. The molecule has 0 bridgehead atoms. The van der Waals surface area contributed by atoms with Crippen molar-refractivity contribution in [3.05, 3.63) is 65.2 Å². The Balaban J connectivity index is 0.00000320. The molecule has 1 fully saturated rings. The van der Waals surface area contributed by atoms with Crippen molar-refractivity contribution in [2.75, 3.05) is 32.8 Å². The van der Waals surface area contributed by atoms with E-state index in [1.54, 1.807) is 0 Å². The van der Waals surface area contributed by atoms with Crippen LogP contribution in [0.2, 0.25) is 0 Å². The fourth-order valence-electron chi connectivity index (χ4n) is 3.13. The van der Waals surface area contributed by atoms with Crippen molar-refractivity contribution >= 4 is 22.4 Å². The van der Waals surface area contributed by atoms with E-state index in [1.165, 1.54) is 0 Å². The highest BCUT2D eigenvalue weighted by atomic mass is 35.5. The lowest BCUT2D eigenvalue weighted by molar-refractivity contribution is -0.137. The molecule has 1 atom stereocenters. The van der Waals surface area contributed by atoms with Crippen LogP contribution in [-0.4, -0.2) is 46.2 Å². The zero-order valence-electron chi connectivity index (χ0n) is 16.4. The SMILES string of the molecule is Cc1ccc(C(CN2CCOCC2)NS(=O)(=O)c2ccc(C(F)(F)F)cc2)cc1.Cl. The molecule has 1 aliphatic rings. The minimum Gasteiger partial charge on any atom is -0.379 e. The molecule has 1 aliphatic heterocycles. The molecule has 1 saturated heterocycles. The molecule has 30 heavy (non-hydrogen) atoms. The van der Waals surface area contributed by atoms with Gasteiger partial charge in [0, 0.05) is 19.6 Å². The molecule has 2 aromatic rings. The zero-order valence-corrected chi connectivity index (χ0v) is 18.0. The van der Waals surface area contributed by atoms with Gasteiger partial charge in [-0.25, -0.2) is 13.1 Å². The van der Waals surface area contributed by atoms with Crippen molar-refractivity contribution in [1.82, 2.24) is 9.62 Å². The molecule has 0 aliphatic carbocycles. The van der Waals surface area contributed by atoms with Gasteiger partial charge in [-0.1, -0.05) is 29.8 Å². The van der Waals surface area contributed by atoms with Crippen LogP contribution in [-0.2, 0) is 20.9 Å². The third-order valence-corrected chi connectivity index (χ3v) is 6.30. The van der Waals surface area contributed by atoms with E-state index in [0.717, 1.165) is 35.4 Å². The molecule has 10 heteroatoms. The molecule has 0 amide bonds. The lowest BCUT2D eigenvalue weighted by atomic mass is 10.1. The molecule has 0 saturated carbocycles. The second-order valence-electron chi connectivity index (χ2n) is 7.02. The lowest BCUT2D eigenvalue weighted by Crippen LogP contribution is -2.43. The fourth-order valence-corrected chi connectivity index (χ4v) is 4.35. The van der Waals surface area contributed by atoms with Crippen LogP contribution in [0.1, 0.15) is 22.7 Å². The van der Waals surface area contributed by atoms with Gasteiger partial charge in [0.25, 0.3) is 0 Å². The summed E-state index contributed by atoms with van der Waals surface area (Å²) in [7, 11) is -4.01. The molecule has 1 N–H and O–H groups in total. The fraction of sp³-hybridized carbons (Fsp3) is 0.400. The first-order chi connectivity index (χ1) is 13.6. The second kappa shape index (κ2) is 10.1. The van der Waals surface area contributed by atoms with Crippen LogP contribution in [0, 0.1) is 6.92 Å². The van der Waals surface area contributed by atoms with Gasteiger partial charge >= 0.3 is 6.18 Å². The predicted molar refractivity (Wildman–Crippen MR) is 110 cm³/mol. The molecule has 0 aromatic heterocycles. The molecule has 166 valence electrons. The van der Waals surface area contributed by atoms with E-state index in [2.05, 4.69) is 9.62 Å². The van der Waals surface area contributed by atoms with E-state index in [0.29, 0.717) is 32.8 Å². The van der Waals surface area contributed by atoms with Crippen LogP contribution in [0.15, 0.2) is 53.4 Å². The largest absolute Gasteiger partial charge is 0.416 e. The monoisotopic (exact) mass is 464 g/mol. The number of hydrogen-bond donors (Lipinski definition) is 1. The number of sulfonamides is 1. The van der Waals surface area contributed by atoms with Crippen LogP contribution >= 0.6 is 12.4 Å². The molecule has 2 aromatic carbocycles. The molecule has 1 unspecified atom stereocenters. The summed E-state index contributed by atoms with van der Waals surface area (Å²) >= 11 is 0. The van der Waals surface area contributed by atoms with Crippen LogP contribution < -0.4 is 4.72 Å². The summed E-state index contributed by atoms with van der Waals surface area (Å²) in [5.41, 5.74) is 0.946. The number of hydrogen-bond acceptors (Lipinski definition) is 4. The van der Waals surface area contributed by atoms with Crippen molar-refractivity contribution in [2.45, 2.75) is 24.0 Å². The number of rotatable bonds is 6. The van der Waals surface area contributed by atoms with E-state index in [1.807, 2.05) is 31.2 Å². The highest BCUT2D eigenvalue weighted by Crippen LogP contribution is 2.30. The van der Waals surface area contributed by atoms with E-state index >= 15 is 0 Å². The molecule has 3 rings (SSSR count). The molecular weight excluding hydrogens is 441 g/mol. The number of halogens is 4. The average molecular weight is 465 g/mol. The Kier molecular flexibility index (Phi) is 8.29. The summed E-state index contributed by atoms with van der Waals surface area (Å²) in [6, 6.07) is 10.5. The molecule has 5 nitrogen and oxygen atoms in total. The highest BCUT2D eigenvalue weighted by molar-refractivity contribution is 7.89. The molecule has 1 heterocycles. The summed E-state index contributed by atoms with van der Waals surface area (Å²) in [6.45, 7) is 4.90. The van der Waals surface area contributed by atoms with E-state index in [9.17, 15) is 21.6 Å². The summed E-state index contributed by atoms with van der Waals surface area (Å²) in [4.78, 5) is 1.90. The van der Waals surface area contributed by atoms with Gasteiger partial charge in [-0.3, -0.25) is 4.90 Å². The number of morpholine rings is 1. The number of benzene rings is 2. The summed E-state index contributed by atoms with van der Waals surface area (Å²) < 4.78 is 72.0. The van der Waals surface area contributed by atoms with Gasteiger partial charge in [0.2, 0.25) is 10.0 Å². The Bertz CT molecular complexity index is 914. The first kappa shape index (κ1) is 24.6. The van der Waals surface area contributed by atoms with Gasteiger partial charge < -0.3 is 4.74 Å². The van der Waals surface area contributed by atoms with Gasteiger partial charge in [-0.2, -0.15) is 13.2 Å². The normalized spacial score (nSPS) is 16.7. The first-order valence-electron chi connectivity index (χ1n) is 9.21. The van der Waals surface area contributed by atoms with Crippen molar-refractivity contribution < 1.29 is 26.3 Å². The maximum absolute atomic E-state index is 12.8. The topological polar surface area (TPSA) is 58.6 Å². The van der Waals surface area contributed by atoms with Crippen LogP contribution in [0.4, 0.5) is 13.2 Å². The average Bonchev–Trinajstić information content (AvgIpc) is 2.68. The first-order valence-corrected chi connectivity index (χ1v) is 10.7. The number of aryl methyl sites for hydroxylation is 1. The smallest absolute Gasteiger partial charge is 0.379 e. The van der Waals surface area contributed by atoms with Crippen molar-refractivity contribution in [3.8, 4) is 0 Å². The Morgan fingerprint density at radius 3 is 2.13 bits per heavy atom. The minimum absolute atomic E-state index is 0. The summed E-state index contributed by atoms with van der Waals surface area (Å²) in [6.07, 6.45) is -4.52. The number of nitrogens with zero attached hydrogens (tertiary/aromatic N) is 1. The van der Waals surface area contributed by atoms with E-state index in [4.69, 9.17) is 4.74 Å². The number of alkyl halides is 3. The van der Waals surface area contributed by atoms with E-state index < -0.39 is 27.8 Å². The quantitative estimate of drug-likeness (QED) is 0.706. The van der Waals surface area contributed by atoms with Crippen LogP contribution in [0.25, 0.3) is 0 Å². The highest BCUT2D eigenvalue weighted by Gasteiger charge is 2.31. The van der Waals surface area contributed by atoms with Crippen molar-refractivity contribution in [2.24, 2.45) is 0 Å². The minimum atomic E-state index is -4.52. The van der Waals surface area contributed by atoms with Crippen molar-refractivity contribution in [1.29, 1.82) is 0 Å². The number of ether oxygens (including phenoxy) is 1. The Morgan fingerprint density at radius 2 is 1.60 bits per heavy atom. The van der Waals surface area contributed by atoms with Gasteiger partial charge in [0.05, 0.1) is 29.7 Å². The lowest BCUT2D eigenvalue weighted by Gasteiger charge is -2.31. The predicted octanol–water partition coefficient (Wildman–Crippen LogP) is 3.79. The summed E-state index contributed by atoms with van der Waals surface area (Å²) in [5.74, 6) is 0. The van der Waals surface area contributed by atoms with Crippen LogP contribution in [0.3, 0.4) is 0 Å². The summed E-state index contributed by atoms with van der Waals surface area (Å²) in [5, 5.41) is 0. The third-order valence-electron chi connectivity index (χ3n) is 4.81. The second-order valence-corrected chi connectivity index (χ2v) is 8.73. The molecule has 0 spiro atoms. The Labute approximate surface area is 180 Å². The molecular formula is C20H24ClF3N2O3S. The maximum atomic E-state index is 12.8. The van der Waals surface area contributed by atoms with Gasteiger partial charge in [0.1, 0.15) is 0 Å². The zero-order chi connectivity index (χ0) is 21.1. The van der Waals surface area contributed by atoms with Crippen LogP contribution in [0.5, 0.6) is 0 Å². The van der Waals surface area contributed by atoms with Gasteiger partial charge in [-0.05, 0) is 36.8 Å².